The van der Waals surface area contributed by atoms with Gasteiger partial charge in [-0.15, -0.1) is 24.0 Å². The van der Waals surface area contributed by atoms with Crippen molar-refractivity contribution in [1.29, 1.82) is 0 Å². The van der Waals surface area contributed by atoms with E-state index in [0.717, 1.165) is 47.8 Å². The van der Waals surface area contributed by atoms with Gasteiger partial charge in [-0.1, -0.05) is 29.8 Å². The van der Waals surface area contributed by atoms with Gasteiger partial charge in [-0.3, -0.25) is 4.79 Å². The Morgan fingerprint density at radius 2 is 2.19 bits per heavy atom. The predicted octanol–water partition coefficient (Wildman–Crippen LogP) is 3.39. The van der Waals surface area contributed by atoms with Crippen LogP contribution in [0.3, 0.4) is 0 Å². The fraction of sp³-hybridized carbons (Fsp3) is 0.579. The Bertz CT molecular complexity index is 655. The van der Waals surface area contributed by atoms with Crippen LogP contribution in [-0.4, -0.2) is 49.6 Å². The van der Waals surface area contributed by atoms with Crippen LogP contribution in [0.1, 0.15) is 32.8 Å². The first-order valence-corrected chi connectivity index (χ1v) is 9.90. The van der Waals surface area contributed by atoms with Gasteiger partial charge in [0.2, 0.25) is 5.91 Å². The van der Waals surface area contributed by atoms with Gasteiger partial charge in [0.25, 0.3) is 0 Å². The SMILES string of the molecule is CCNC(=NCc1cc(Br)ccc1OC)NC1CCN(C(=O)C(C)C)C1.I. The van der Waals surface area contributed by atoms with E-state index in [1.807, 2.05) is 43.9 Å². The molecule has 1 fully saturated rings. The number of benzene rings is 1. The maximum absolute atomic E-state index is 12.1. The molecule has 0 spiro atoms. The molecule has 152 valence electrons. The molecule has 1 aliphatic heterocycles. The zero-order valence-corrected chi connectivity index (χ0v) is 20.3. The quantitative estimate of drug-likeness (QED) is 0.322. The number of hydrogen-bond acceptors (Lipinski definition) is 3. The second-order valence-electron chi connectivity index (χ2n) is 6.72. The molecule has 27 heavy (non-hydrogen) atoms. The zero-order valence-electron chi connectivity index (χ0n) is 16.4. The molecule has 1 heterocycles. The van der Waals surface area contributed by atoms with E-state index >= 15 is 0 Å². The first-order valence-electron chi connectivity index (χ1n) is 9.10. The Balaban J connectivity index is 0.00000364. The maximum atomic E-state index is 12.1. The topological polar surface area (TPSA) is 66.0 Å². The first-order chi connectivity index (χ1) is 12.4. The standard InChI is InChI=1S/C19H29BrN4O2.HI/c1-5-21-19(22-11-14-10-15(20)6-7-17(14)26-4)23-16-8-9-24(12-16)18(25)13(2)3;/h6-7,10,13,16H,5,8-9,11-12H2,1-4H3,(H2,21,22,23);1H. The summed E-state index contributed by atoms with van der Waals surface area (Å²) in [5.74, 6) is 1.84. The highest BCUT2D eigenvalue weighted by Gasteiger charge is 2.27. The third-order valence-electron chi connectivity index (χ3n) is 4.33. The van der Waals surface area contributed by atoms with Gasteiger partial charge in [0.05, 0.1) is 13.7 Å². The third kappa shape index (κ3) is 7.14. The molecular weight excluding hydrogens is 523 g/mol. The van der Waals surface area contributed by atoms with Crippen LogP contribution in [0.2, 0.25) is 0 Å². The highest BCUT2D eigenvalue weighted by molar-refractivity contribution is 14.0. The highest BCUT2D eigenvalue weighted by atomic mass is 127. The number of aliphatic imine (C=N–C) groups is 1. The number of guanidine groups is 1. The summed E-state index contributed by atoms with van der Waals surface area (Å²) in [6.45, 7) is 8.75. The van der Waals surface area contributed by atoms with Gasteiger partial charge in [0.1, 0.15) is 5.75 Å². The maximum Gasteiger partial charge on any atom is 0.225 e. The Labute approximate surface area is 187 Å². The molecule has 0 aromatic heterocycles. The summed E-state index contributed by atoms with van der Waals surface area (Å²) in [5, 5.41) is 6.74. The van der Waals surface area contributed by atoms with E-state index in [1.165, 1.54) is 0 Å². The fourth-order valence-electron chi connectivity index (χ4n) is 2.99. The minimum atomic E-state index is 0. The number of nitrogens with zero attached hydrogens (tertiary/aromatic N) is 2. The van der Waals surface area contributed by atoms with E-state index in [1.54, 1.807) is 7.11 Å². The van der Waals surface area contributed by atoms with Gasteiger partial charge in [0.15, 0.2) is 5.96 Å². The van der Waals surface area contributed by atoms with Crippen LogP contribution >= 0.6 is 39.9 Å². The number of carbonyl (C=O) groups excluding carboxylic acids is 1. The van der Waals surface area contributed by atoms with Gasteiger partial charge < -0.3 is 20.3 Å². The van der Waals surface area contributed by atoms with Crippen molar-refractivity contribution in [2.24, 2.45) is 10.9 Å². The molecule has 1 aromatic rings. The van der Waals surface area contributed by atoms with E-state index in [0.29, 0.717) is 6.54 Å². The minimum absolute atomic E-state index is 0. The van der Waals surface area contributed by atoms with E-state index < -0.39 is 0 Å². The average molecular weight is 553 g/mol. The largest absolute Gasteiger partial charge is 0.496 e. The Hall–Kier alpha value is -1.03. The van der Waals surface area contributed by atoms with E-state index in [-0.39, 0.29) is 41.8 Å². The van der Waals surface area contributed by atoms with Crippen LogP contribution in [0.4, 0.5) is 0 Å². The molecule has 2 rings (SSSR count). The lowest BCUT2D eigenvalue weighted by Crippen LogP contribution is -2.45. The smallest absolute Gasteiger partial charge is 0.225 e. The molecule has 1 aromatic carbocycles. The summed E-state index contributed by atoms with van der Waals surface area (Å²) < 4.78 is 6.41. The lowest BCUT2D eigenvalue weighted by atomic mass is 10.2. The molecule has 1 amide bonds. The molecule has 6 nitrogen and oxygen atoms in total. The first kappa shape index (κ1) is 24.0. The molecule has 1 unspecified atom stereocenters. The van der Waals surface area contributed by atoms with Crippen molar-refractivity contribution in [3.05, 3.63) is 28.2 Å². The van der Waals surface area contributed by atoms with Gasteiger partial charge in [-0.2, -0.15) is 0 Å². The second kappa shape index (κ2) is 11.7. The van der Waals surface area contributed by atoms with E-state index in [9.17, 15) is 4.79 Å². The van der Waals surface area contributed by atoms with Crippen molar-refractivity contribution >= 4 is 51.8 Å². The van der Waals surface area contributed by atoms with E-state index in [2.05, 4.69) is 26.6 Å². The number of likely N-dealkylation sites (tertiary alicyclic amines) is 1. The van der Waals surface area contributed by atoms with Gasteiger partial charge >= 0.3 is 0 Å². The van der Waals surface area contributed by atoms with Crippen LogP contribution in [0.5, 0.6) is 5.75 Å². The van der Waals surface area contributed by atoms with Crippen molar-refractivity contribution in [3.63, 3.8) is 0 Å². The number of amides is 1. The lowest BCUT2D eigenvalue weighted by molar-refractivity contribution is -0.133. The predicted molar refractivity (Wildman–Crippen MR) is 124 cm³/mol. The third-order valence-corrected chi connectivity index (χ3v) is 4.82. The van der Waals surface area contributed by atoms with Crippen molar-refractivity contribution in [1.82, 2.24) is 15.5 Å². The van der Waals surface area contributed by atoms with Crippen LogP contribution in [0.25, 0.3) is 0 Å². The molecule has 0 saturated carbocycles. The van der Waals surface area contributed by atoms with Gasteiger partial charge in [-0.25, -0.2) is 4.99 Å². The van der Waals surface area contributed by atoms with Crippen molar-refractivity contribution in [2.75, 3.05) is 26.7 Å². The molecule has 0 aliphatic carbocycles. The molecule has 0 bridgehead atoms. The number of nitrogens with one attached hydrogen (secondary N) is 2. The van der Waals surface area contributed by atoms with Crippen LogP contribution in [0.15, 0.2) is 27.7 Å². The van der Waals surface area contributed by atoms with E-state index in [4.69, 9.17) is 9.73 Å². The fourth-order valence-corrected chi connectivity index (χ4v) is 3.40. The van der Waals surface area contributed by atoms with Crippen molar-refractivity contribution < 1.29 is 9.53 Å². The minimum Gasteiger partial charge on any atom is -0.496 e. The second-order valence-corrected chi connectivity index (χ2v) is 7.64. The summed E-state index contributed by atoms with van der Waals surface area (Å²) in [7, 11) is 1.67. The molecule has 1 atom stereocenters. The Morgan fingerprint density at radius 3 is 2.81 bits per heavy atom. The number of rotatable bonds is 6. The average Bonchev–Trinajstić information content (AvgIpc) is 3.07. The molecule has 1 aliphatic rings. The molecule has 1 saturated heterocycles. The summed E-state index contributed by atoms with van der Waals surface area (Å²) in [5.41, 5.74) is 1.02. The van der Waals surface area contributed by atoms with Crippen molar-refractivity contribution in [2.45, 2.75) is 39.8 Å². The van der Waals surface area contributed by atoms with Gasteiger partial charge in [0, 0.05) is 41.6 Å². The van der Waals surface area contributed by atoms with Crippen LogP contribution in [0, 0.1) is 5.92 Å². The summed E-state index contributed by atoms with van der Waals surface area (Å²) in [6, 6.07) is 6.13. The molecule has 8 heteroatoms. The number of hydrogen-bond donors (Lipinski definition) is 2. The Morgan fingerprint density at radius 1 is 1.44 bits per heavy atom. The molecule has 2 N–H and O–H groups in total. The summed E-state index contributed by atoms with van der Waals surface area (Å²) in [4.78, 5) is 18.8. The number of carbonyl (C=O) groups is 1. The van der Waals surface area contributed by atoms with Crippen molar-refractivity contribution in [3.8, 4) is 5.75 Å². The Kier molecular flexibility index (Phi) is 10.4. The molecule has 0 radical (unpaired) electrons. The van der Waals surface area contributed by atoms with Crippen LogP contribution in [-0.2, 0) is 11.3 Å². The lowest BCUT2D eigenvalue weighted by Gasteiger charge is -2.20. The highest BCUT2D eigenvalue weighted by Crippen LogP contribution is 2.23. The number of methoxy groups -OCH3 is 1. The summed E-state index contributed by atoms with van der Waals surface area (Å²) in [6.07, 6.45) is 0.934. The van der Waals surface area contributed by atoms with Crippen LogP contribution < -0.4 is 15.4 Å². The van der Waals surface area contributed by atoms with Gasteiger partial charge in [-0.05, 0) is 31.5 Å². The summed E-state index contributed by atoms with van der Waals surface area (Å²) >= 11 is 3.49. The monoisotopic (exact) mass is 552 g/mol. The molecular formula is C19H30BrIN4O2. The normalized spacial score (nSPS) is 16.9. The zero-order chi connectivity index (χ0) is 19.1. The number of ether oxygens (including phenoxy) is 1. The number of halogens is 2.